The molecule has 226 valence electrons. The molecule has 0 aliphatic heterocycles. The molecule has 3 N–H and O–H groups in total. The normalized spacial score (nSPS) is 17.4. The summed E-state index contributed by atoms with van der Waals surface area (Å²) in [5.41, 5.74) is 0.356. The molecule has 0 saturated heterocycles. The summed E-state index contributed by atoms with van der Waals surface area (Å²) in [5, 5.41) is 20.3. The topological polar surface area (TPSA) is 147 Å². The van der Waals surface area contributed by atoms with Crippen LogP contribution in [0.25, 0.3) is 5.65 Å². The van der Waals surface area contributed by atoms with Gasteiger partial charge in [0.15, 0.2) is 11.5 Å². The fraction of sp³-hybridized carbons (Fsp3) is 0.500. The Kier molecular flexibility index (Phi) is 8.65. The van der Waals surface area contributed by atoms with E-state index in [-0.39, 0.29) is 17.6 Å². The lowest BCUT2D eigenvalue weighted by Gasteiger charge is -2.32. The lowest BCUT2D eigenvalue weighted by atomic mass is 9.91. The summed E-state index contributed by atoms with van der Waals surface area (Å²) in [7, 11) is 0. The Bertz CT molecular complexity index is 1450. The maximum atomic E-state index is 13.7. The van der Waals surface area contributed by atoms with Gasteiger partial charge in [-0.25, -0.2) is 24.3 Å². The predicted molar refractivity (Wildman–Crippen MR) is 159 cm³/mol. The van der Waals surface area contributed by atoms with Crippen molar-refractivity contribution in [2.75, 3.05) is 10.2 Å². The van der Waals surface area contributed by atoms with Crippen molar-refractivity contribution in [2.45, 2.75) is 97.4 Å². The minimum absolute atomic E-state index is 0.0243. The zero-order valence-electron chi connectivity index (χ0n) is 25.2. The summed E-state index contributed by atoms with van der Waals surface area (Å²) in [6.07, 6.45) is 3.70. The molecule has 2 amide bonds. The molecule has 1 aromatic carbocycles. The largest absolute Gasteiger partial charge is 0.478 e. The quantitative estimate of drug-likeness (QED) is 0.317. The van der Waals surface area contributed by atoms with E-state index in [0.717, 1.165) is 25.7 Å². The van der Waals surface area contributed by atoms with Gasteiger partial charge in [0, 0.05) is 23.7 Å². The Labute approximate surface area is 245 Å². The van der Waals surface area contributed by atoms with Crippen molar-refractivity contribution in [2.24, 2.45) is 0 Å². The number of rotatable bonds is 6. The van der Waals surface area contributed by atoms with Crippen LogP contribution in [0.1, 0.15) is 83.1 Å². The Hall–Kier alpha value is -4.35. The number of nitrogens with zero attached hydrogens (tertiary/aromatic N) is 4. The van der Waals surface area contributed by atoms with E-state index < -0.39 is 29.4 Å². The minimum atomic E-state index is -1.07. The molecule has 0 atom stereocenters. The van der Waals surface area contributed by atoms with E-state index in [9.17, 15) is 19.5 Å². The first kappa shape index (κ1) is 30.6. The average Bonchev–Trinajstić information content (AvgIpc) is 3.33. The molecule has 0 radical (unpaired) electrons. The lowest BCUT2D eigenvalue weighted by Crippen LogP contribution is -2.42. The molecule has 1 saturated carbocycles. The fourth-order valence-corrected chi connectivity index (χ4v) is 4.83. The third-order valence-electron chi connectivity index (χ3n) is 6.69. The number of anilines is 3. The van der Waals surface area contributed by atoms with Gasteiger partial charge in [-0.3, -0.25) is 0 Å². The minimum Gasteiger partial charge on any atom is -0.478 e. The zero-order valence-corrected chi connectivity index (χ0v) is 25.2. The van der Waals surface area contributed by atoms with Crippen molar-refractivity contribution in [1.82, 2.24) is 19.9 Å². The van der Waals surface area contributed by atoms with E-state index in [1.807, 2.05) is 27.7 Å². The number of hydrogen-bond acceptors (Lipinski definition) is 8. The van der Waals surface area contributed by atoms with Gasteiger partial charge in [0.25, 0.3) is 0 Å². The molecule has 12 heteroatoms. The number of fused-ring (bicyclic) bond motifs is 1. The van der Waals surface area contributed by atoms with Crippen LogP contribution in [0.2, 0.25) is 0 Å². The first-order valence-corrected chi connectivity index (χ1v) is 14.1. The maximum absolute atomic E-state index is 13.7. The lowest BCUT2D eigenvalue weighted by molar-refractivity contribution is 0.0490. The van der Waals surface area contributed by atoms with Crippen LogP contribution in [-0.2, 0) is 9.47 Å². The Morgan fingerprint density at radius 1 is 0.929 bits per heavy atom. The number of aromatic carboxylic acids is 1. The molecule has 0 bridgehead atoms. The second-order valence-corrected chi connectivity index (χ2v) is 12.5. The summed E-state index contributed by atoms with van der Waals surface area (Å²) in [6.45, 7) is 12.7. The molecule has 2 heterocycles. The van der Waals surface area contributed by atoms with E-state index in [1.54, 1.807) is 49.7 Å². The van der Waals surface area contributed by atoms with Gasteiger partial charge >= 0.3 is 18.2 Å². The number of benzene rings is 1. The number of hydrogen-bond donors (Lipinski definition) is 3. The molecule has 12 nitrogen and oxygen atoms in total. The van der Waals surface area contributed by atoms with Crippen LogP contribution < -0.4 is 15.5 Å². The highest BCUT2D eigenvalue weighted by Gasteiger charge is 2.31. The number of carbonyl (C=O) groups excluding carboxylic acids is 2. The Balaban J connectivity index is 1.63. The molecular formula is C30H40N6O6. The Morgan fingerprint density at radius 3 is 2.10 bits per heavy atom. The summed E-state index contributed by atoms with van der Waals surface area (Å²) in [6, 6.07) is 7.87. The highest BCUT2D eigenvalue weighted by molar-refractivity contribution is 5.98. The smallest absolute Gasteiger partial charge is 0.420 e. The first-order valence-electron chi connectivity index (χ1n) is 14.1. The van der Waals surface area contributed by atoms with Crippen molar-refractivity contribution in [1.29, 1.82) is 0 Å². The van der Waals surface area contributed by atoms with E-state index in [2.05, 4.69) is 15.7 Å². The number of nitrogens with one attached hydrogen (secondary N) is 2. The van der Waals surface area contributed by atoms with Gasteiger partial charge in [0.1, 0.15) is 17.0 Å². The summed E-state index contributed by atoms with van der Waals surface area (Å²) < 4.78 is 12.7. The Morgan fingerprint density at radius 2 is 1.52 bits per heavy atom. The van der Waals surface area contributed by atoms with Crippen LogP contribution in [0.3, 0.4) is 0 Å². The molecule has 0 spiro atoms. The van der Waals surface area contributed by atoms with Crippen LogP contribution >= 0.6 is 0 Å². The number of ether oxygens (including phenoxy) is 2. The SMILES string of the molecule is Cc1c(NC2CCC(NC(=O)OC(C)(C)C)CC2)nc2ccnn2c1N(C(=O)OC(C)(C)C)c1ccc(C(=O)O)cc1. The number of carbonyl (C=O) groups is 3. The fourth-order valence-electron chi connectivity index (χ4n) is 4.83. The summed E-state index contributed by atoms with van der Waals surface area (Å²) in [5.74, 6) is -0.0511. The maximum Gasteiger partial charge on any atom is 0.420 e. The number of alkyl carbamates (subject to hydrolysis) is 1. The second-order valence-electron chi connectivity index (χ2n) is 12.5. The molecule has 1 aliphatic carbocycles. The van der Waals surface area contributed by atoms with Crippen LogP contribution in [-0.4, -0.2) is 61.1 Å². The van der Waals surface area contributed by atoms with Crippen LogP contribution in [0.15, 0.2) is 36.5 Å². The second kappa shape index (κ2) is 11.9. The first-order chi connectivity index (χ1) is 19.6. The van der Waals surface area contributed by atoms with E-state index in [4.69, 9.17) is 14.5 Å². The van der Waals surface area contributed by atoms with Gasteiger partial charge in [-0.1, -0.05) is 0 Å². The summed E-state index contributed by atoms with van der Waals surface area (Å²) in [4.78, 5) is 43.5. The van der Waals surface area contributed by atoms with Crippen molar-refractivity contribution < 1.29 is 29.0 Å². The van der Waals surface area contributed by atoms with Gasteiger partial charge in [0.05, 0.1) is 17.4 Å². The molecule has 4 rings (SSSR count). The van der Waals surface area contributed by atoms with Gasteiger partial charge < -0.3 is 25.2 Å². The third-order valence-corrected chi connectivity index (χ3v) is 6.69. The highest BCUT2D eigenvalue weighted by atomic mass is 16.6. The van der Waals surface area contributed by atoms with Crippen LogP contribution in [0.5, 0.6) is 0 Å². The average molecular weight is 581 g/mol. The molecule has 0 unspecified atom stereocenters. The molecule has 2 aromatic heterocycles. The van der Waals surface area contributed by atoms with Gasteiger partial charge in [0.2, 0.25) is 0 Å². The number of carboxylic acids is 1. The number of carboxylic acid groups (broad SMARTS) is 1. The monoisotopic (exact) mass is 580 g/mol. The van der Waals surface area contributed by atoms with E-state index in [0.29, 0.717) is 28.5 Å². The number of amides is 2. The van der Waals surface area contributed by atoms with Crippen molar-refractivity contribution in [3.05, 3.63) is 47.7 Å². The summed E-state index contributed by atoms with van der Waals surface area (Å²) >= 11 is 0. The van der Waals surface area contributed by atoms with Gasteiger partial charge in [-0.05, 0) is 98.4 Å². The van der Waals surface area contributed by atoms with Gasteiger partial charge in [-0.2, -0.15) is 9.61 Å². The molecular weight excluding hydrogens is 540 g/mol. The van der Waals surface area contributed by atoms with E-state index >= 15 is 0 Å². The standard InChI is InChI=1S/C30H40N6O6/c1-18-24(32-20-10-12-21(13-11-20)33-27(39)41-29(2,3)4)34-23-16-17-31-36(23)25(18)35(28(40)42-30(5,6)7)22-14-8-19(9-15-22)26(37)38/h8-9,14-17,20-21H,10-13H2,1-7H3,(H,32,34)(H,33,39)(H,37,38). The number of aromatic nitrogens is 3. The highest BCUT2D eigenvalue weighted by Crippen LogP contribution is 2.35. The van der Waals surface area contributed by atoms with Crippen molar-refractivity contribution in [3.63, 3.8) is 0 Å². The molecule has 3 aromatic rings. The molecule has 42 heavy (non-hydrogen) atoms. The molecule has 1 aliphatic rings. The van der Waals surface area contributed by atoms with Crippen LogP contribution in [0.4, 0.5) is 26.9 Å². The molecule has 1 fully saturated rings. The van der Waals surface area contributed by atoms with Crippen molar-refractivity contribution in [3.8, 4) is 0 Å². The zero-order chi connectivity index (χ0) is 30.8. The van der Waals surface area contributed by atoms with Crippen LogP contribution in [0, 0.1) is 6.92 Å². The van der Waals surface area contributed by atoms with Gasteiger partial charge in [-0.15, -0.1) is 0 Å². The van der Waals surface area contributed by atoms with E-state index in [1.165, 1.54) is 17.0 Å². The predicted octanol–water partition coefficient (Wildman–Crippen LogP) is 6.06. The third kappa shape index (κ3) is 7.48. The van der Waals surface area contributed by atoms with Crippen molar-refractivity contribution >= 4 is 41.1 Å².